The predicted molar refractivity (Wildman–Crippen MR) is 133 cm³/mol. The van der Waals surface area contributed by atoms with Gasteiger partial charge < -0.3 is 28.9 Å². The number of hydrogen-bond acceptors (Lipinski definition) is 7. The second-order valence-corrected chi connectivity index (χ2v) is 10.1. The zero-order valence-corrected chi connectivity index (χ0v) is 21.5. The van der Waals surface area contributed by atoms with Crippen LogP contribution < -0.4 is 9.64 Å². The highest BCUT2D eigenvalue weighted by atomic mass is 16.6. The quantitative estimate of drug-likeness (QED) is 0.518. The van der Waals surface area contributed by atoms with E-state index in [9.17, 15) is 14.4 Å². The molecule has 0 radical (unpaired) electrons. The summed E-state index contributed by atoms with van der Waals surface area (Å²) in [5.74, 6) is 0.836. The molecule has 1 aromatic rings. The van der Waals surface area contributed by atoms with Crippen LogP contribution in [-0.2, 0) is 19.1 Å². The minimum absolute atomic E-state index is 0.121. The molecule has 194 valence electrons. The van der Waals surface area contributed by atoms with Crippen LogP contribution >= 0.6 is 0 Å². The fourth-order valence-electron chi connectivity index (χ4n) is 4.33. The van der Waals surface area contributed by atoms with Gasteiger partial charge in [0, 0.05) is 38.4 Å². The summed E-state index contributed by atoms with van der Waals surface area (Å²) in [4.78, 5) is 42.2. The lowest BCUT2D eigenvalue weighted by atomic mass is 9.93. The fraction of sp³-hybridized carbons (Fsp3) is 0.654. The lowest BCUT2D eigenvalue weighted by Gasteiger charge is -2.37. The van der Waals surface area contributed by atoms with Crippen molar-refractivity contribution in [3.63, 3.8) is 0 Å². The van der Waals surface area contributed by atoms with Gasteiger partial charge in [-0.2, -0.15) is 0 Å². The van der Waals surface area contributed by atoms with Crippen LogP contribution in [0.1, 0.15) is 47.0 Å². The van der Waals surface area contributed by atoms with Crippen LogP contribution in [0.2, 0.25) is 0 Å². The Morgan fingerprint density at radius 2 is 1.71 bits per heavy atom. The molecule has 9 nitrogen and oxygen atoms in total. The van der Waals surface area contributed by atoms with E-state index in [0.29, 0.717) is 44.5 Å². The van der Waals surface area contributed by atoms with Crippen molar-refractivity contribution in [3.05, 3.63) is 24.3 Å². The van der Waals surface area contributed by atoms with Gasteiger partial charge in [-0.3, -0.25) is 4.79 Å². The summed E-state index contributed by atoms with van der Waals surface area (Å²) in [6, 6.07) is 7.41. The molecule has 0 bridgehead atoms. The molecule has 9 heteroatoms. The van der Waals surface area contributed by atoms with E-state index in [1.54, 1.807) is 24.0 Å². The molecule has 0 N–H and O–H groups in total. The van der Waals surface area contributed by atoms with E-state index < -0.39 is 11.6 Å². The summed E-state index contributed by atoms with van der Waals surface area (Å²) >= 11 is 0. The summed E-state index contributed by atoms with van der Waals surface area (Å²) in [6.45, 7) is 11.6. The molecule has 0 spiro atoms. The minimum atomic E-state index is -0.476. The second kappa shape index (κ2) is 12.1. The Morgan fingerprint density at radius 3 is 2.31 bits per heavy atom. The van der Waals surface area contributed by atoms with Crippen molar-refractivity contribution in [1.29, 1.82) is 0 Å². The molecular weight excluding hydrogens is 450 g/mol. The number of anilines is 1. The highest BCUT2D eigenvalue weighted by Crippen LogP contribution is 2.24. The average Bonchev–Trinajstić information content (AvgIpc) is 2.82. The third-order valence-electron chi connectivity index (χ3n) is 6.26. The van der Waals surface area contributed by atoms with Gasteiger partial charge in [-0.1, -0.05) is 0 Å². The van der Waals surface area contributed by atoms with E-state index in [-0.39, 0.29) is 18.6 Å². The number of piperazine rings is 1. The van der Waals surface area contributed by atoms with Gasteiger partial charge in [0.05, 0.1) is 13.2 Å². The highest BCUT2D eigenvalue weighted by molar-refractivity contribution is 5.82. The van der Waals surface area contributed by atoms with Gasteiger partial charge in [0.15, 0.2) is 6.61 Å². The molecule has 0 atom stereocenters. The van der Waals surface area contributed by atoms with Gasteiger partial charge in [-0.05, 0) is 77.1 Å². The third kappa shape index (κ3) is 8.33. The summed E-state index contributed by atoms with van der Waals surface area (Å²) < 4.78 is 15.8. The van der Waals surface area contributed by atoms with Gasteiger partial charge in [0.2, 0.25) is 5.91 Å². The topological polar surface area (TPSA) is 88.6 Å². The first-order valence-corrected chi connectivity index (χ1v) is 12.5. The van der Waals surface area contributed by atoms with Crippen LogP contribution in [0, 0.1) is 5.92 Å². The van der Waals surface area contributed by atoms with Gasteiger partial charge in [0.1, 0.15) is 11.4 Å². The summed E-state index contributed by atoms with van der Waals surface area (Å²) in [7, 11) is 0. The van der Waals surface area contributed by atoms with Gasteiger partial charge in [-0.15, -0.1) is 0 Å². The summed E-state index contributed by atoms with van der Waals surface area (Å²) in [5.41, 5.74) is 0.479. The van der Waals surface area contributed by atoms with Crippen LogP contribution in [0.3, 0.4) is 0 Å². The lowest BCUT2D eigenvalue weighted by Crippen LogP contribution is -2.51. The maximum atomic E-state index is 12.8. The molecule has 1 aromatic carbocycles. The summed E-state index contributed by atoms with van der Waals surface area (Å²) in [5, 5.41) is 0. The van der Waals surface area contributed by atoms with Crippen LogP contribution in [0.25, 0.3) is 0 Å². The number of hydrogen-bond donors (Lipinski definition) is 0. The molecule has 0 aliphatic carbocycles. The third-order valence-corrected chi connectivity index (χ3v) is 6.26. The maximum Gasteiger partial charge on any atom is 0.410 e. The average molecular weight is 490 g/mol. The Balaban J connectivity index is 1.38. The Bertz CT molecular complexity index is 859. The van der Waals surface area contributed by atoms with Crippen molar-refractivity contribution in [2.24, 2.45) is 5.92 Å². The number of carbonyl (C=O) groups excluding carboxylic acids is 3. The zero-order valence-electron chi connectivity index (χ0n) is 21.5. The highest BCUT2D eigenvalue weighted by Gasteiger charge is 2.29. The molecule has 2 amide bonds. The van der Waals surface area contributed by atoms with E-state index in [0.717, 1.165) is 38.0 Å². The molecule has 2 aliphatic rings. The first kappa shape index (κ1) is 26.6. The van der Waals surface area contributed by atoms with E-state index >= 15 is 0 Å². The number of benzene rings is 1. The summed E-state index contributed by atoms with van der Waals surface area (Å²) in [6.07, 6.45) is 2.61. The molecule has 2 aliphatic heterocycles. The predicted octanol–water partition coefficient (Wildman–Crippen LogP) is 3.31. The van der Waals surface area contributed by atoms with Crippen LogP contribution in [-0.4, -0.2) is 85.9 Å². The van der Waals surface area contributed by atoms with Crippen molar-refractivity contribution >= 4 is 23.7 Å². The van der Waals surface area contributed by atoms with Crippen molar-refractivity contribution in [2.75, 3.05) is 57.4 Å². The minimum Gasteiger partial charge on any atom is -0.482 e. The Kier molecular flexibility index (Phi) is 9.23. The number of nitrogens with zero attached hydrogens (tertiary/aromatic N) is 3. The Labute approximate surface area is 208 Å². The zero-order chi connectivity index (χ0) is 25.4. The molecule has 2 saturated heterocycles. The molecule has 35 heavy (non-hydrogen) atoms. The van der Waals surface area contributed by atoms with E-state index in [2.05, 4.69) is 4.90 Å². The monoisotopic (exact) mass is 489 g/mol. The largest absolute Gasteiger partial charge is 0.482 e. The van der Waals surface area contributed by atoms with E-state index in [1.807, 2.05) is 37.8 Å². The maximum absolute atomic E-state index is 12.8. The number of ether oxygens (including phenoxy) is 3. The first-order chi connectivity index (χ1) is 16.6. The number of carbonyl (C=O) groups is 3. The smallest absolute Gasteiger partial charge is 0.410 e. The van der Waals surface area contributed by atoms with Crippen LogP contribution in [0.5, 0.6) is 5.75 Å². The fourth-order valence-corrected chi connectivity index (χ4v) is 4.33. The standard InChI is InChI=1S/C26H39N3O6/c1-5-33-24(31)19-34-22-8-6-21(7-9-22)29-17-16-27(23(30)18-29)13-10-20-11-14-28(15-12-20)25(32)35-26(2,3)4/h6-9,20H,5,10-19H2,1-4H3. The molecule has 0 aromatic heterocycles. The number of rotatable bonds is 8. The van der Waals surface area contributed by atoms with Gasteiger partial charge in [0.25, 0.3) is 0 Å². The number of piperidine rings is 1. The van der Waals surface area contributed by atoms with Gasteiger partial charge in [-0.25, -0.2) is 9.59 Å². The SMILES string of the molecule is CCOC(=O)COc1ccc(N2CCN(CCC3CCN(C(=O)OC(C)(C)C)CC3)C(=O)C2)cc1. The molecule has 0 saturated carbocycles. The number of likely N-dealkylation sites (tertiary alicyclic amines) is 1. The van der Waals surface area contributed by atoms with E-state index in [1.165, 1.54) is 0 Å². The van der Waals surface area contributed by atoms with Gasteiger partial charge >= 0.3 is 12.1 Å². The van der Waals surface area contributed by atoms with Crippen molar-refractivity contribution < 1.29 is 28.6 Å². The second-order valence-electron chi connectivity index (χ2n) is 10.1. The van der Waals surface area contributed by atoms with Crippen molar-refractivity contribution in [3.8, 4) is 5.75 Å². The van der Waals surface area contributed by atoms with Crippen molar-refractivity contribution in [2.45, 2.75) is 52.6 Å². The Morgan fingerprint density at radius 1 is 1.03 bits per heavy atom. The first-order valence-electron chi connectivity index (χ1n) is 12.5. The molecule has 2 fully saturated rings. The molecule has 2 heterocycles. The van der Waals surface area contributed by atoms with Crippen LogP contribution in [0.4, 0.5) is 10.5 Å². The molecular formula is C26H39N3O6. The van der Waals surface area contributed by atoms with E-state index in [4.69, 9.17) is 14.2 Å². The number of amides is 2. The molecule has 0 unspecified atom stereocenters. The normalized spacial score (nSPS) is 17.4. The lowest BCUT2D eigenvalue weighted by molar-refractivity contribution is -0.145. The molecule has 3 rings (SSSR count). The number of esters is 1. The Hall–Kier alpha value is -2.97. The van der Waals surface area contributed by atoms with Crippen LogP contribution in [0.15, 0.2) is 24.3 Å². The van der Waals surface area contributed by atoms with Crippen molar-refractivity contribution in [1.82, 2.24) is 9.80 Å².